The third-order valence-corrected chi connectivity index (χ3v) is 8.12. The van der Waals surface area contributed by atoms with E-state index in [-0.39, 0.29) is 54.7 Å². The Bertz CT molecular complexity index is 1120. The van der Waals surface area contributed by atoms with Crippen LogP contribution >= 0.6 is 12.4 Å². The molecule has 0 radical (unpaired) electrons. The molecule has 1 saturated heterocycles. The zero-order chi connectivity index (χ0) is 25.2. The van der Waals surface area contributed by atoms with Crippen LogP contribution in [0.4, 0.5) is 22.0 Å². The molecule has 2 N–H and O–H groups in total. The number of sulfone groups is 1. The van der Waals surface area contributed by atoms with Crippen molar-refractivity contribution in [1.82, 2.24) is 15.4 Å². The number of aryl methyl sites for hydroxylation is 1. The lowest BCUT2D eigenvalue weighted by Crippen LogP contribution is -2.54. The van der Waals surface area contributed by atoms with Crippen molar-refractivity contribution in [1.29, 1.82) is 0 Å². The molecule has 1 aromatic heterocycles. The molecule has 0 saturated carbocycles. The highest BCUT2D eigenvalue weighted by molar-refractivity contribution is 7.93. The maximum absolute atomic E-state index is 13.2. The topological polar surface area (TPSA) is 118 Å². The number of halogens is 6. The van der Waals surface area contributed by atoms with Crippen molar-refractivity contribution in [3.05, 3.63) is 42.4 Å². The number of alkyl halides is 5. The molecule has 8 nitrogen and oxygen atoms in total. The van der Waals surface area contributed by atoms with Crippen LogP contribution in [0, 0.1) is 0 Å². The Morgan fingerprint density at radius 3 is 2.14 bits per heavy atom. The highest BCUT2D eigenvalue weighted by Crippen LogP contribution is 2.39. The summed E-state index contributed by atoms with van der Waals surface area (Å²) in [6.45, 7) is 0.0309. The third-order valence-electron chi connectivity index (χ3n) is 5.61. The number of aromatic nitrogens is 2. The summed E-state index contributed by atoms with van der Waals surface area (Å²) in [7, 11) is -4.23. The molecular weight excluding hydrogens is 525 g/mol. The van der Waals surface area contributed by atoms with Crippen LogP contribution in [-0.4, -0.2) is 59.6 Å². The first-order chi connectivity index (χ1) is 15.8. The van der Waals surface area contributed by atoms with Gasteiger partial charge in [0.15, 0.2) is 14.6 Å². The number of ether oxygens (including phenoxy) is 1. The van der Waals surface area contributed by atoms with E-state index in [4.69, 9.17) is 9.94 Å². The maximum Gasteiger partial charge on any atom is 0.453 e. The molecule has 1 fully saturated rings. The van der Waals surface area contributed by atoms with E-state index in [9.17, 15) is 35.2 Å². The number of nitrogens with one attached hydrogen (secondary N) is 1. The summed E-state index contributed by atoms with van der Waals surface area (Å²) in [5.74, 6) is -5.90. The molecule has 1 aromatic carbocycles. The van der Waals surface area contributed by atoms with E-state index in [0.29, 0.717) is 5.56 Å². The van der Waals surface area contributed by atoms with Gasteiger partial charge in [0.1, 0.15) is 0 Å². The Labute approximate surface area is 203 Å². The summed E-state index contributed by atoms with van der Waals surface area (Å²) in [6, 6.07) is 5.26. The van der Waals surface area contributed by atoms with Gasteiger partial charge in [-0.1, -0.05) is 12.1 Å². The van der Waals surface area contributed by atoms with E-state index < -0.39 is 45.4 Å². The summed E-state index contributed by atoms with van der Waals surface area (Å²) in [6.07, 6.45) is -5.82. The Morgan fingerprint density at radius 1 is 1.06 bits per heavy atom. The number of amides is 1. The number of benzene rings is 1. The lowest BCUT2D eigenvalue weighted by atomic mass is 9.98. The number of rotatable bonds is 7. The lowest BCUT2D eigenvalue weighted by Gasteiger charge is -2.34. The van der Waals surface area contributed by atoms with Crippen LogP contribution in [0.5, 0.6) is 0 Å². The van der Waals surface area contributed by atoms with E-state index in [1.807, 2.05) is 0 Å². The predicted molar refractivity (Wildman–Crippen MR) is 114 cm³/mol. The minimum atomic E-state index is -5.65. The van der Waals surface area contributed by atoms with Gasteiger partial charge in [0.05, 0.1) is 22.5 Å². The van der Waals surface area contributed by atoms with Crippen LogP contribution in [0.25, 0.3) is 11.3 Å². The highest BCUT2D eigenvalue weighted by Gasteiger charge is 2.56. The molecule has 2 aromatic rings. The largest absolute Gasteiger partial charge is 0.453 e. The van der Waals surface area contributed by atoms with Crippen molar-refractivity contribution in [2.24, 2.45) is 0 Å². The van der Waals surface area contributed by atoms with Gasteiger partial charge in [0, 0.05) is 31.4 Å². The number of hydrogen-bond donors (Lipinski definition) is 2. The molecule has 1 aliphatic rings. The fourth-order valence-electron chi connectivity index (χ4n) is 3.51. The van der Waals surface area contributed by atoms with Gasteiger partial charge in [-0.25, -0.2) is 13.9 Å². The fraction of sp³-hybridized carbons (Fsp3) is 0.450. The van der Waals surface area contributed by atoms with Gasteiger partial charge in [-0.15, -0.1) is 12.4 Å². The molecule has 0 spiro atoms. The smallest absolute Gasteiger partial charge is 0.381 e. The summed E-state index contributed by atoms with van der Waals surface area (Å²) < 4.78 is 92.7. The van der Waals surface area contributed by atoms with Crippen LogP contribution in [0.2, 0.25) is 0 Å². The first-order valence-corrected chi connectivity index (χ1v) is 11.5. The molecule has 2 heterocycles. The lowest BCUT2D eigenvalue weighted by molar-refractivity contribution is -0.284. The average Bonchev–Trinajstić information content (AvgIpc) is 2.82. The highest BCUT2D eigenvalue weighted by atomic mass is 35.5. The fourth-order valence-corrected chi connectivity index (χ4v) is 5.45. The van der Waals surface area contributed by atoms with Crippen LogP contribution < -0.4 is 5.48 Å². The molecule has 35 heavy (non-hydrogen) atoms. The summed E-state index contributed by atoms with van der Waals surface area (Å²) in [4.78, 5) is 19.9. The van der Waals surface area contributed by atoms with Crippen LogP contribution in [0.3, 0.4) is 0 Å². The van der Waals surface area contributed by atoms with Gasteiger partial charge in [-0.05, 0) is 31.4 Å². The second-order valence-corrected chi connectivity index (χ2v) is 9.93. The van der Waals surface area contributed by atoms with Gasteiger partial charge in [0.25, 0.3) is 5.91 Å². The number of carbonyl (C=O) groups excluding carboxylic acids is 1. The van der Waals surface area contributed by atoms with Crippen molar-refractivity contribution in [2.75, 3.05) is 13.2 Å². The van der Waals surface area contributed by atoms with Gasteiger partial charge in [-0.3, -0.25) is 20.0 Å². The number of carbonyl (C=O) groups is 1. The quantitative estimate of drug-likeness (QED) is 0.310. The Hall–Kier alpha value is -2.42. The molecule has 0 unspecified atom stereocenters. The monoisotopic (exact) mass is 545 g/mol. The molecule has 194 valence electrons. The molecule has 1 amide bonds. The molecule has 1 aliphatic heterocycles. The normalized spacial score (nSPS) is 16.3. The summed E-state index contributed by atoms with van der Waals surface area (Å²) in [5.41, 5.74) is 1.97. The first kappa shape index (κ1) is 28.8. The number of hydrogen-bond acceptors (Lipinski definition) is 7. The summed E-state index contributed by atoms with van der Waals surface area (Å²) >= 11 is 0. The van der Waals surface area contributed by atoms with E-state index in [1.54, 1.807) is 0 Å². The van der Waals surface area contributed by atoms with Gasteiger partial charge < -0.3 is 4.74 Å². The van der Waals surface area contributed by atoms with Crippen molar-refractivity contribution < 1.29 is 45.1 Å². The Kier molecular flexibility index (Phi) is 8.79. The third kappa shape index (κ3) is 5.71. The number of nitrogens with zero attached hydrogens (tertiary/aromatic N) is 2. The minimum absolute atomic E-state index is 0. The Balaban J connectivity index is 0.00000432. The molecule has 0 bridgehead atoms. The first-order valence-electron chi connectivity index (χ1n) is 9.97. The summed E-state index contributed by atoms with van der Waals surface area (Å²) in [5, 5.41) is 9.08. The van der Waals surface area contributed by atoms with E-state index in [0.717, 1.165) is 6.20 Å². The standard InChI is InChI=1S/C20H20F5N3O5S.ClH/c21-19(22,20(23,24)25)6-5-14-11-27-16(12-26-14)13-1-3-15(4-2-13)34(31,32)18(17(29)28-30)7-9-33-10-8-18;/h1-4,11-12,30H,5-10H2,(H,28,29);1H. The van der Waals surface area contributed by atoms with Gasteiger partial charge in [-0.2, -0.15) is 22.0 Å². The van der Waals surface area contributed by atoms with Crippen LogP contribution in [-0.2, 0) is 25.8 Å². The molecular formula is C20H21ClF5N3O5S. The van der Waals surface area contributed by atoms with Crippen molar-refractivity contribution in [3.8, 4) is 11.3 Å². The van der Waals surface area contributed by atoms with Crippen molar-refractivity contribution in [2.45, 2.75) is 47.4 Å². The van der Waals surface area contributed by atoms with E-state index in [2.05, 4.69) is 9.97 Å². The molecule has 0 atom stereocenters. The zero-order valence-corrected chi connectivity index (χ0v) is 19.5. The molecule has 3 rings (SSSR count). The predicted octanol–water partition coefficient (Wildman–Crippen LogP) is 3.52. The minimum Gasteiger partial charge on any atom is -0.381 e. The van der Waals surface area contributed by atoms with Crippen molar-refractivity contribution >= 4 is 28.2 Å². The average molecular weight is 546 g/mol. The van der Waals surface area contributed by atoms with E-state index in [1.165, 1.54) is 35.9 Å². The van der Waals surface area contributed by atoms with Gasteiger partial charge in [0.2, 0.25) is 0 Å². The van der Waals surface area contributed by atoms with E-state index >= 15 is 0 Å². The molecule has 15 heteroatoms. The second kappa shape index (κ2) is 10.7. The zero-order valence-electron chi connectivity index (χ0n) is 17.9. The Morgan fingerprint density at radius 2 is 1.66 bits per heavy atom. The second-order valence-electron chi connectivity index (χ2n) is 7.67. The van der Waals surface area contributed by atoms with Crippen molar-refractivity contribution in [3.63, 3.8) is 0 Å². The maximum atomic E-state index is 13.2. The SMILES string of the molecule is Cl.O=C(NO)C1(S(=O)(=O)c2ccc(-c3cnc(CCC(F)(F)C(F)(F)F)cn3)cc2)CCOCC1. The van der Waals surface area contributed by atoms with Crippen LogP contribution in [0.1, 0.15) is 25.0 Å². The van der Waals surface area contributed by atoms with Gasteiger partial charge >= 0.3 is 12.1 Å². The van der Waals surface area contributed by atoms with Crippen LogP contribution in [0.15, 0.2) is 41.6 Å². The number of hydroxylamine groups is 1. The molecule has 0 aliphatic carbocycles.